The molecule has 0 unspecified atom stereocenters. The number of aliphatic hydroxyl groups is 2. The van der Waals surface area contributed by atoms with Gasteiger partial charge in [0, 0.05) is 43.2 Å². The number of nitrogens with one attached hydrogen (secondary N) is 4. The molecule has 4 aromatic heterocycles. The summed E-state index contributed by atoms with van der Waals surface area (Å²) in [4.78, 5) is 55.3. The Balaban J connectivity index is 0.671. The van der Waals surface area contributed by atoms with Crippen LogP contribution in [0.3, 0.4) is 0 Å². The number of ether oxygens (including phenoxy) is 2. The highest BCUT2D eigenvalue weighted by molar-refractivity contribution is 7.13. The molecule has 1 aromatic carbocycles. The van der Waals surface area contributed by atoms with E-state index in [0.717, 1.165) is 79.1 Å². The molecule has 6 heterocycles. The first-order valence-corrected chi connectivity index (χ1v) is 25.1. The highest BCUT2D eigenvalue weighted by Gasteiger charge is 2.47. The molecule has 3 amide bonds. The van der Waals surface area contributed by atoms with Crippen LogP contribution in [-0.4, -0.2) is 116 Å². The number of amides is 3. The first-order chi connectivity index (χ1) is 34.6. The average Bonchev–Trinajstić information content (AvgIpc) is 4.24. The molecular formula is C50H61BF2N10O7S. The Morgan fingerprint density at radius 1 is 0.831 bits per heavy atom. The summed E-state index contributed by atoms with van der Waals surface area (Å²) >= 11 is 1.41. The predicted molar refractivity (Wildman–Crippen MR) is 272 cm³/mol. The molecule has 1 saturated heterocycles. The topological polar surface area (TPSA) is 219 Å². The van der Waals surface area contributed by atoms with Gasteiger partial charge >= 0.3 is 7.40 Å². The van der Waals surface area contributed by atoms with E-state index in [1.807, 2.05) is 47.9 Å². The summed E-state index contributed by atoms with van der Waals surface area (Å²) in [6.07, 6.45) is 16.9. The van der Waals surface area contributed by atoms with Crippen molar-refractivity contribution in [1.82, 2.24) is 39.9 Å². The van der Waals surface area contributed by atoms with Gasteiger partial charge in [0.2, 0.25) is 5.91 Å². The molecule has 5 aromatic rings. The Bertz CT molecular complexity index is 2660. The number of carbonyl (C=O) groups excluding carboxylic acids is 3. The minimum atomic E-state index is -2.68. The van der Waals surface area contributed by atoms with Crippen LogP contribution in [0, 0.1) is 0 Å². The number of imidazole rings is 1. The van der Waals surface area contributed by atoms with E-state index < -0.39 is 37.8 Å². The smallest absolute Gasteiger partial charge is 0.484 e. The van der Waals surface area contributed by atoms with Gasteiger partial charge in [0.15, 0.2) is 35.9 Å². The number of hydrogen-bond acceptors (Lipinski definition) is 13. The molecule has 17 nitrogen and oxygen atoms in total. The van der Waals surface area contributed by atoms with E-state index in [1.165, 1.54) is 28.6 Å². The summed E-state index contributed by atoms with van der Waals surface area (Å²) < 4.78 is 41.8. The second kappa shape index (κ2) is 26.6. The van der Waals surface area contributed by atoms with Crippen LogP contribution in [0.2, 0.25) is 0 Å². The number of rotatable bonds is 28. The first kappa shape index (κ1) is 52.3. The number of thiophene rings is 1. The summed E-state index contributed by atoms with van der Waals surface area (Å²) in [7, 11) is -2.68. The average molecular weight is 995 g/mol. The van der Waals surface area contributed by atoms with E-state index in [2.05, 4.69) is 41.2 Å². The number of carbonyl (C=O) groups is 3. The minimum Gasteiger partial charge on any atom is -0.484 e. The van der Waals surface area contributed by atoms with E-state index in [1.54, 1.807) is 43.3 Å². The van der Waals surface area contributed by atoms with Crippen molar-refractivity contribution in [2.45, 2.75) is 102 Å². The van der Waals surface area contributed by atoms with Crippen molar-refractivity contribution in [3.8, 4) is 16.3 Å². The van der Waals surface area contributed by atoms with Crippen molar-refractivity contribution >= 4 is 71.3 Å². The molecule has 21 heteroatoms. The lowest BCUT2D eigenvalue weighted by molar-refractivity contribution is -0.137. The fourth-order valence-electron chi connectivity index (χ4n) is 8.22. The number of nitrogens with zero attached hydrogens (tertiary/aromatic N) is 6. The van der Waals surface area contributed by atoms with E-state index in [4.69, 9.17) is 9.47 Å². The molecule has 0 bridgehead atoms. The maximum absolute atomic E-state index is 14.0. The number of aliphatic imine (C=N–C) groups is 1. The van der Waals surface area contributed by atoms with E-state index in [9.17, 15) is 33.2 Å². The van der Waals surface area contributed by atoms with Gasteiger partial charge in [-0.15, -0.1) is 11.3 Å². The summed E-state index contributed by atoms with van der Waals surface area (Å²) in [6, 6.07) is 14.3. The highest BCUT2D eigenvalue weighted by atomic mass is 32.1. The van der Waals surface area contributed by atoms with Crippen molar-refractivity contribution in [3.05, 3.63) is 102 Å². The summed E-state index contributed by atoms with van der Waals surface area (Å²) in [5, 5.41) is 34.7. The molecule has 7 rings (SSSR count). The lowest BCUT2D eigenvalue weighted by Crippen LogP contribution is -2.42. The van der Waals surface area contributed by atoms with Gasteiger partial charge in [0.25, 0.3) is 11.8 Å². The molecule has 2 aliphatic rings. The number of halogens is 2. The van der Waals surface area contributed by atoms with E-state index in [-0.39, 0.29) is 18.4 Å². The minimum absolute atomic E-state index is 0.0492. The van der Waals surface area contributed by atoms with Gasteiger partial charge in [-0.3, -0.25) is 27.6 Å². The molecule has 0 aliphatic carbocycles. The fourth-order valence-corrected chi connectivity index (χ4v) is 8.97. The van der Waals surface area contributed by atoms with Gasteiger partial charge in [-0.2, -0.15) is 0 Å². The third-order valence-corrected chi connectivity index (χ3v) is 12.8. The normalized spacial score (nSPS) is 18.1. The number of aliphatic hydroxyl groups excluding tert-OH is 2. The van der Waals surface area contributed by atoms with Crippen molar-refractivity contribution in [3.63, 3.8) is 0 Å². The number of benzene rings is 1. The van der Waals surface area contributed by atoms with Crippen LogP contribution in [0.5, 0.6) is 5.75 Å². The Morgan fingerprint density at radius 3 is 2.30 bits per heavy atom. The van der Waals surface area contributed by atoms with Gasteiger partial charge in [0.1, 0.15) is 24.3 Å². The van der Waals surface area contributed by atoms with Crippen LogP contribution < -0.4 is 26.0 Å². The number of anilines is 1. The number of likely N-dealkylation sites (N-methyl/N-ethyl adjacent to an activating group) is 1. The van der Waals surface area contributed by atoms with Crippen LogP contribution in [0.1, 0.15) is 95.0 Å². The molecule has 4 atom stereocenters. The summed E-state index contributed by atoms with van der Waals surface area (Å²) in [5.74, 6) is 0.447. The Labute approximate surface area is 415 Å². The molecule has 6 N–H and O–H groups in total. The quantitative estimate of drug-likeness (QED) is 0.0222. The molecular weight excluding hydrogens is 933 g/mol. The van der Waals surface area contributed by atoms with E-state index in [0.29, 0.717) is 78.1 Å². The molecule has 0 radical (unpaired) electrons. The van der Waals surface area contributed by atoms with Crippen LogP contribution >= 0.6 is 11.3 Å². The van der Waals surface area contributed by atoms with Crippen molar-refractivity contribution in [1.29, 1.82) is 0 Å². The molecule has 0 saturated carbocycles. The fraction of sp³-hybridized carbons (Fsp3) is 0.420. The van der Waals surface area contributed by atoms with Crippen molar-refractivity contribution in [2.24, 2.45) is 4.99 Å². The zero-order valence-electron chi connectivity index (χ0n) is 39.7. The van der Waals surface area contributed by atoms with Crippen molar-refractivity contribution < 1.29 is 42.7 Å². The Morgan fingerprint density at radius 2 is 1.56 bits per heavy atom. The predicted octanol–water partition coefficient (Wildman–Crippen LogP) is 6.96. The molecule has 0 spiro atoms. The molecule has 376 valence electrons. The van der Waals surface area contributed by atoms with Crippen LogP contribution in [0.4, 0.5) is 14.4 Å². The second-order valence-electron chi connectivity index (χ2n) is 17.2. The standard InChI is InChI=1S/C50H61BF2N10O7S/c1-2-54-49(68)46-44(66)45(67)50(70-46)62-33-60-43-47(58-32-59-48(43)62)57-28-11-7-5-3-4-6-10-26-55-41(64)15-9-8-12-27-56-42(65)31-69-38-23-17-34(18-24-38)16-19-35-20-21-36(61-35)30-37-22-25-39(63(37)51(52)53)40-14-13-29-71-40/h13-14,16-25,29-30,32-33,44-46,50,66-67H,2-12,15,26-28,31H2,1H3,(H,54,68)(H,55,64)(H,56,65)(H,57,58,59)/b19-16+,36-30-/t44-,45+,46-,50+/m0/s1. The lowest BCUT2D eigenvalue weighted by atomic mass is 10.1. The van der Waals surface area contributed by atoms with Gasteiger partial charge in [-0.1, -0.05) is 62.8 Å². The Kier molecular flexibility index (Phi) is 19.6. The first-order valence-electron chi connectivity index (χ1n) is 24.3. The summed E-state index contributed by atoms with van der Waals surface area (Å²) in [5.41, 5.74) is 3.92. The van der Waals surface area contributed by atoms with Gasteiger partial charge < -0.3 is 45.4 Å². The molecule has 1 fully saturated rings. The molecule has 2 aliphatic heterocycles. The zero-order valence-corrected chi connectivity index (χ0v) is 40.5. The lowest BCUT2D eigenvalue weighted by Gasteiger charge is -2.16. The van der Waals surface area contributed by atoms with Gasteiger partial charge in [-0.05, 0) is 98.2 Å². The van der Waals surface area contributed by atoms with E-state index >= 15 is 0 Å². The number of hydrogen-bond donors (Lipinski definition) is 6. The summed E-state index contributed by atoms with van der Waals surface area (Å²) in [6.45, 7) is 3.88. The number of unbranched alkanes of at least 4 members (excludes halogenated alkanes) is 8. The van der Waals surface area contributed by atoms with Crippen LogP contribution in [-0.2, 0) is 19.1 Å². The highest BCUT2D eigenvalue weighted by Crippen LogP contribution is 2.33. The van der Waals surface area contributed by atoms with Crippen LogP contribution in [0.25, 0.3) is 33.9 Å². The number of allylic oxidation sites excluding steroid dienone is 3. The largest absolute Gasteiger partial charge is 0.678 e. The molecule has 71 heavy (non-hydrogen) atoms. The third kappa shape index (κ3) is 14.8. The van der Waals surface area contributed by atoms with Crippen molar-refractivity contribution in [2.75, 3.05) is 38.1 Å². The monoisotopic (exact) mass is 994 g/mol. The maximum atomic E-state index is 14.0. The number of fused-ring (bicyclic) bond motifs is 1. The second-order valence-corrected chi connectivity index (χ2v) is 18.1. The third-order valence-electron chi connectivity index (χ3n) is 11.9. The van der Waals surface area contributed by atoms with Gasteiger partial charge in [0.05, 0.1) is 23.4 Å². The van der Waals surface area contributed by atoms with Crippen LogP contribution in [0.15, 0.2) is 95.5 Å². The maximum Gasteiger partial charge on any atom is 0.678 e. The SMILES string of the molecule is CCNC(=O)[C@H]1O[C@@H](n2cnc3c(NCCCCCCCCCNC(=O)CCCCCNC(=O)COc4ccc(/C=C/C5=NC(=C\c6ccc(-c7cccs7)n6B(F)F)/C=C5)cc4)ncnc32)[C@H](O)[C@@H]1O. The number of aromatic nitrogens is 5. The zero-order chi connectivity index (χ0) is 50.0. The Hall–Kier alpha value is -6.55. The van der Waals surface area contributed by atoms with Gasteiger partial charge in [-0.25, -0.2) is 19.9 Å².